The molecule has 4 rings (SSSR count). The smallest absolute Gasteiger partial charge is 0.313 e. The molecule has 1 heterocycles. The second-order valence-corrected chi connectivity index (χ2v) is 8.21. The largest absolute Gasteiger partial charge is 0.469 e. The van der Waals surface area contributed by atoms with E-state index in [0.717, 1.165) is 59.0 Å². The first-order chi connectivity index (χ1) is 14.0. The Balaban J connectivity index is 2.07. The van der Waals surface area contributed by atoms with Crippen LogP contribution in [0, 0.1) is 13.8 Å². The number of pyridine rings is 1. The Morgan fingerprint density at radius 3 is 2.45 bits per heavy atom. The lowest BCUT2D eigenvalue weighted by atomic mass is 9.84. The fraction of sp³-hybridized carbons (Fsp3) is 0.385. The summed E-state index contributed by atoms with van der Waals surface area (Å²) in [5.41, 5.74) is 9.34. The molecule has 3 nitrogen and oxygen atoms in total. The van der Waals surface area contributed by atoms with E-state index in [1.807, 2.05) is 6.92 Å². The maximum Gasteiger partial charge on any atom is 0.313 e. The average Bonchev–Trinajstić information content (AvgIpc) is 3.17. The Hall–Kier alpha value is -2.68. The van der Waals surface area contributed by atoms with Gasteiger partial charge in [0.1, 0.15) is 0 Å². The number of hydrogen-bond donors (Lipinski definition) is 0. The lowest BCUT2D eigenvalue weighted by Crippen LogP contribution is -2.17. The highest BCUT2D eigenvalue weighted by Crippen LogP contribution is 2.41. The van der Waals surface area contributed by atoms with Gasteiger partial charge in [0.2, 0.25) is 0 Å². The van der Waals surface area contributed by atoms with Crippen LogP contribution in [0.15, 0.2) is 36.4 Å². The first kappa shape index (κ1) is 19.6. The molecule has 1 aliphatic rings. The monoisotopic (exact) mass is 387 g/mol. The predicted octanol–water partition coefficient (Wildman–Crippen LogP) is 6.06. The standard InChI is InChI=1S/C26H29NO2/c1-5-7-21(26(28)29-4)24-17(3)27-23-15-20-9-6-8-19(20)14-22(23)25(24)18-12-10-16(2)11-13-18/h10-15,21H,5-9H2,1-4H3. The Bertz CT molecular complexity index is 1070. The predicted molar refractivity (Wildman–Crippen MR) is 118 cm³/mol. The SMILES string of the molecule is CCCC(C(=O)OC)c1c(C)nc2cc3c(cc2c1-c1ccc(C)cc1)CCC3. The summed E-state index contributed by atoms with van der Waals surface area (Å²) in [6.07, 6.45) is 5.13. The van der Waals surface area contributed by atoms with Crippen molar-refractivity contribution in [2.24, 2.45) is 0 Å². The summed E-state index contributed by atoms with van der Waals surface area (Å²) in [4.78, 5) is 17.7. The van der Waals surface area contributed by atoms with E-state index >= 15 is 0 Å². The fourth-order valence-electron chi connectivity index (χ4n) is 4.74. The Morgan fingerprint density at radius 2 is 1.79 bits per heavy atom. The highest BCUT2D eigenvalue weighted by atomic mass is 16.5. The van der Waals surface area contributed by atoms with Crippen molar-refractivity contribution >= 4 is 16.9 Å². The minimum absolute atomic E-state index is 0.175. The fourth-order valence-corrected chi connectivity index (χ4v) is 4.74. The maximum absolute atomic E-state index is 12.8. The number of fused-ring (bicyclic) bond motifs is 2. The van der Waals surface area contributed by atoms with Crippen LogP contribution in [0.5, 0.6) is 0 Å². The average molecular weight is 388 g/mol. The van der Waals surface area contributed by atoms with Crippen molar-refractivity contribution in [2.75, 3.05) is 7.11 Å². The molecular formula is C26H29NO2. The summed E-state index contributed by atoms with van der Waals surface area (Å²) in [6, 6.07) is 13.2. The van der Waals surface area contributed by atoms with Crippen molar-refractivity contribution in [1.29, 1.82) is 0 Å². The highest BCUT2D eigenvalue weighted by Gasteiger charge is 2.28. The van der Waals surface area contributed by atoms with Gasteiger partial charge in [0, 0.05) is 11.1 Å². The van der Waals surface area contributed by atoms with Crippen LogP contribution in [-0.2, 0) is 22.4 Å². The van der Waals surface area contributed by atoms with Gasteiger partial charge in [0.05, 0.1) is 18.5 Å². The van der Waals surface area contributed by atoms with Gasteiger partial charge in [-0.05, 0) is 79.5 Å². The van der Waals surface area contributed by atoms with Gasteiger partial charge in [-0.2, -0.15) is 0 Å². The van der Waals surface area contributed by atoms with Crippen molar-refractivity contribution in [1.82, 2.24) is 4.98 Å². The Morgan fingerprint density at radius 1 is 1.10 bits per heavy atom. The summed E-state index contributed by atoms with van der Waals surface area (Å²) in [6.45, 7) is 6.24. The molecular weight excluding hydrogens is 358 g/mol. The topological polar surface area (TPSA) is 39.2 Å². The number of aryl methyl sites for hydroxylation is 4. The minimum atomic E-state index is -0.300. The van der Waals surface area contributed by atoms with Crippen LogP contribution >= 0.6 is 0 Å². The number of rotatable bonds is 5. The zero-order chi connectivity index (χ0) is 20.5. The van der Waals surface area contributed by atoms with Crippen molar-refractivity contribution in [2.45, 2.75) is 58.8 Å². The molecule has 1 aromatic heterocycles. The molecule has 0 saturated carbocycles. The second kappa shape index (κ2) is 7.98. The quantitative estimate of drug-likeness (QED) is 0.499. The van der Waals surface area contributed by atoms with Crippen LogP contribution in [0.2, 0.25) is 0 Å². The Kier molecular flexibility index (Phi) is 5.40. The molecule has 0 saturated heterocycles. The summed E-state index contributed by atoms with van der Waals surface area (Å²) in [5, 5.41) is 1.15. The van der Waals surface area contributed by atoms with Crippen molar-refractivity contribution in [3.63, 3.8) is 0 Å². The molecule has 0 fully saturated rings. The summed E-state index contributed by atoms with van der Waals surface area (Å²) >= 11 is 0. The highest BCUT2D eigenvalue weighted by molar-refractivity contribution is 5.99. The van der Waals surface area contributed by atoms with E-state index in [4.69, 9.17) is 9.72 Å². The lowest BCUT2D eigenvalue weighted by Gasteiger charge is -2.22. The van der Waals surface area contributed by atoms with Crippen LogP contribution in [-0.4, -0.2) is 18.1 Å². The number of hydrogen-bond acceptors (Lipinski definition) is 3. The molecule has 0 radical (unpaired) electrons. The maximum atomic E-state index is 12.8. The number of carbonyl (C=O) groups excluding carboxylic acids is 1. The number of carbonyl (C=O) groups is 1. The van der Waals surface area contributed by atoms with Crippen LogP contribution in [0.25, 0.3) is 22.0 Å². The summed E-state index contributed by atoms with van der Waals surface area (Å²) in [7, 11) is 1.48. The molecule has 3 heteroatoms. The molecule has 2 aromatic carbocycles. The molecule has 0 N–H and O–H groups in total. The lowest BCUT2D eigenvalue weighted by molar-refractivity contribution is -0.142. The molecule has 0 aliphatic heterocycles. The zero-order valence-electron chi connectivity index (χ0n) is 17.8. The second-order valence-electron chi connectivity index (χ2n) is 8.21. The number of nitrogens with zero attached hydrogens (tertiary/aromatic N) is 1. The molecule has 1 unspecified atom stereocenters. The van der Waals surface area contributed by atoms with E-state index in [2.05, 4.69) is 50.2 Å². The number of methoxy groups -OCH3 is 1. The van der Waals surface area contributed by atoms with E-state index in [1.54, 1.807) is 0 Å². The molecule has 0 spiro atoms. The summed E-state index contributed by atoms with van der Waals surface area (Å²) < 4.78 is 5.20. The van der Waals surface area contributed by atoms with Crippen LogP contribution in [0.1, 0.15) is 60.1 Å². The number of benzene rings is 2. The molecule has 1 aliphatic carbocycles. The first-order valence-corrected chi connectivity index (χ1v) is 10.6. The molecule has 29 heavy (non-hydrogen) atoms. The molecule has 1 atom stereocenters. The molecule has 0 amide bonds. The van der Waals surface area contributed by atoms with Crippen LogP contribution < -0.4 is 0 Å². The number of esters is 1. The van der Waals surface area contributed by atoms with Crippen molar-refractivity contribution in [3.8, 4) is 11.1 Å². The van der Waals surface area contributed by atoms with E-state index in [-0.39, 0.29) is 11.9 Å². The summed E-state index contributed by atoms with van der Waals surface area (Å²) in [5.74, 6) is -0.475. The van der Waals surface area contributed by atoms with E-state index in [0.29, 0.717) is 0 Å². The third-order valence-corrected chi connectivity index (χ3v) is 6.18. The van der Waals surface area contributed by atoms with E-state index in [1.165, 1.54) is 30.2 Å². The van der Waals surface area contributed by atoms with Gasteiger partial charge >= 0.3 is 5.97 Å². The van der Waals surface area contributed by atoms with Gasteiger partial charge in [-0.3, -0.25) is 9.78 Å². The van der Waals surface area contributed by atoms with Crippen LogP contribution in [0.3, 0.4) is 0 Å². The van der Waals surface area contributed by atoms with Crippen molar-refractivity contribution in [3.05, 3.63) is 64.3 Å². The van der Waals surface area contributed by atoms with Gasteiger partial charge in [-0.15, -0.1) is 0 Å². The molecule has 3 aromatic rings. The zero-order valence-corrected chi connectivity index (χ0v) is 17.8. The van der Waals surface area contributed by atoms with Gasteiger partial charge in [-0.25, -0.2) is 0 Å². The van der Waals surface area contributed by atoms with E-state index < -0.39 is 0 Å². The van der Waals surface area contributed by atoms with Gasteiger partial charge in [0.25, 0.3) is 0 Å². The van der Waals surface area contributed by atoms with Crippen molar-refractivity contribution < 1.29 is 9.53 Å². The third-order valence-electron chi connectivity index (χ3n) is 6.18. The van der Waals surface area contributed by atoms with Crippen LogP contribution in [0.4, 0.5) is 0 Å². The number of aromatic nitrogens is 1. The number of ether oxygens (including phenoxy) is 1. The molecule has 0 bridgehead atoms. The Labute approximate surface area is 173 Å². The van der Waals surface area contributed by atoms with E-state index in [9.17, 15) is 4.79 Å². The molecule has 150 valence electrons. The van der Waals surface area contributed by atoms with Gasteiger partial charge in [0.15, 0.2) is 0 Å². The first-order valence-electron chi connectivity index (χ1n) is 10.6. The third kappa shape index (κ3) is 3.55. The van der Waals surface area contributed by atoms with Gasteiger partial charge in [-0.1, -0.05) is 43.2 Å². The van der Waals surface area contributed by atoms with Gasteiger partial charge < -0.3 is 4.74 Å². The normalized spacial score (nSPS) is 14.1. The minimum Gasteiger partial charge on any atom is -0.469 e.